The average Bonchev–Trinajstić information content (AvgIpc) is 3.18. The molecule has 3 rings (SSSR count). The number of halogens is 1. The van der Waals surface area contributed by atoms with E-state index < -0.39 is 17.9 Å². The molecule has 7 heteroatoms. The number of likely N-dealkylation sites (N-methyl/N-ethyl adjacent to an activating group) is 1. The van der Waals surface area contributed by atoms with Crippen molar-refractivity contribution in [2.45, 2.75) is 31.5 Å². The van der Waals surface area contributed by atoms with E-state index in [9.17, 15) is 14.0 Å². The number of benzene rings is 1. The van der Waals surface area contributed by atoms with Crippen LogP contribution in [0.1, 0.15) is 30.0 Å². The van der Waals surface area contributed by atoms with Crippen molar-refractivity contribution in [3.63, 3.8) is 0 Å². The van der Waals surface area contributed by atoms with E-state index in [4.69, 9.17) is 0 Å². The van der Waals surface area contributed by atoms with E-state index in [-0.39, 0.29) is 17.4 Å². The maximum Gasteiger partial charge on any atom is 0.241 e. The van der Waals surface area contributed by atoms with E-state index in [1.165, 1.54) is 13.1 Å². The second-order valence-electron chi connectivity index (χ2n) is 6.51. The predicted molar refractivity (Wildman–Crippen MR) is 99.0 cm³/mol. The van der Waals surface area contributed by atoms with Gasteiger partial charge in [-0.3, -0.25) is 19.5 Å². The minimum atomic E-state index is -0.838. The number of likely N-dealkylation sites (tertiary alicyclic amines) is 1. The van der Waals surface area contributed by atoms with Crippen LogP contribution in [0.2, 0.25) is 0 Å². The van der Waals surface area contributed by atoms with Crippen molar-refractivity contribution in [1.29, 1.82) is 0 Å². The smallest absolute Gasteiger partial charge is 0.241 e. The second-order valence-corrected chi connectivity index (χ2v) is 6.51. The molecule has 2 aromatic rings. The van der Waals surface area contributed by atoms with Crippen LogP contribution < -0.4 is 10.6 Å². The van der Waals surface area contributed by atoms with Gasteiger partial charge < -0.3 is 10.6 Å². The molecule has 0 bridgehead atoms. The Hall–Kier alpha value is -2.80. The summed E-state index contributed by atoms with van der Waals surface area (Å²) in [6.07, 6.45) is 4.74. The maximum atomic E-state index is 14.4. The molecule has 0 aliphatic carbocycles. The van der Waals surface area contributed by atoms with E-state index in [0.717, 1.165) is 12.0 Å². The van der Waals surface area contributed by atoms with Gasteiger partial charge in [0.05, 0.1) is 6.04 Å². The maximum absolute atomic E-state index is 14.4. The molecule has 0 spiro atoms. The van der Waals surface area contributed by atoms with Gasteiger partial charge in [0, 0.05) is 38.1 Å². The standard InChI is InChI=1S/C20H23FN4O2/c1-22-20(27)18(15-5-2-3-6-16(15)21)25-12-4-7-17(25)19(26)24-13-14-8-10-23-11-9-14/h2-3,5-6,8-11,17-18H,4,7,12-13H2,1H3,(H,22,27)(H,24,26)/t17-,18+/m0/s1. The van der Waals surface area contributed by atoms with Crippen molar-refractivity contribution in [2.24, 2.45) is 0 Å². The molecule has 1 aromatic carbocycles. The molecule has 2 atom stereocenters. The molecule has 0 saturated carbocycles. The Morgan fingerprint density at radius 2 is 2.00 bits per heavy atom. The Kier molecular flexibility index (Phi) is 6.13. The quantitative estimate of drug-likeness (QED) is 0.813. The lowest BCUT2D eigenvalue weighted by atomic mass is 10.0. The number of hydrogen-bond donors (Lipinski definition) is 2. The summed E-state index contributed by atoms with van der Waals surface area (Å²) >= 11 is 0. The van der Waals surface area contributed by atoms with Gasteiger partial charge in [0.1, 0.15) is 11.9 Å². The summed E-state index contributed by atoms with van der Waals surface area (Å²) in [4.78, 5) is 31.1. The number of carbonyl (C=O) groups excluding carboxylic acids is 2. The van der Waals surface area contributed by atoms with Crippen LogP contribution in [0.5, 0.6) is 0 Å². The Balaban J connectivity index is 1.78. The predicted octanol–water partition coefficient (Wildman–Crippen LogP) is 1.79. The summed E-state index contributed by atoms with van der Waals surface area (Å²) in [5, 5.41) is 5.51. The topological polar surface area (TPSA) is 74.3 Å². The van der Waals surface area contributed by atoms with Gasteiger partial charge in [-0.1, -0.05) is 18.2 Å². The molecule has 1 saturated heterocycles. The number of aromatic nitrogens is 1. The third-order valence-electron chi connectivity index (χ3n) is 4.84. The van der Waals surface area contributed by atoms with Crippen LogP contribution in [0, 0.1) is 5.82 Å². The molecule has 2 amide bonds. The van der Waals surface area contributed by atoms with Crippen LogP contribution in [0.4, 0.5) is 4.39 Å². The number of nitrogens with zero attached hydrogens (tertiary/aromatic N) is 2. The number of hydrogen-bond acceptors (Lipinski definition) is 4. The normalized spacial score (nSPS) is 18.1. The van der Waals surface area contributed by atoms with E-state index >= 15 is 0 Å². The molecule has 1 fully saturated rings. The van der Waals surface area contributed by atoms with Crippen LogP contribution in [0.15, 0.2) is 48.8 Å². The molecule has 1 aliphatic rings. The largest absolute Gasteiger partial charge is 0.358 e. The Morgan fingerprint density at radius 3 is 2.70 bits per heavy atom. The number of rotatable bonds is 6. The lowest BCUT2D eigenvalue weighted by Gasteiger charge is -2.31. The van der Waals surface area contributed by atoms with Crippen molar-refractivity contribution in [3.8, 4) is 0 Å². The van der Waals surface area contributed by atoms with E-state index in [0.29, 0.717) is 19.5 Å². The Labute approximate surface area is 157 Å². The molecule has 2 N–H and O–H groups in total. The van der Waals surface area contributed by atoms with Gasteiger partial charge in [-0.25, -0.2) is 4.39 Å². The molecular formula is C20H23FN4O2. The highest BCUT2D eigenvalue weighted by Crippen LogP contribution is 2.31. The van der Waals surface area contributed by atoms with Crippen molar-refractivity contribution in [3.05, 3.63) is 65.7 Å². The fraction of sp³-hybridized carbons (Fsp3) is 0.350. The average molecular weight is 370 g/mol. The Morgan fingerprint density at radius 1 is 1.26 bits per heavy atom. The van der Waals surface area contributed by atoms with Gasteiger partial charge >= 0.3 is 0 Å². The first kappa shape index (κ1) is 19.0. The van der Waals surface area contributed by atoms with E-state index in [1.807, 2.05) is 12.1 Å². The summed E-state index contributed by atoms with van der Waals surface area (Å²) < 4.78 is 14.4. The van der Waals surface area contributed by atoms with Crippen LogP contribution in [-0.2, 0) is 16.1 Å². The number of nitrogens with one attached hydrogen (secondary N) is 2. The molecule has 1 aromatic heterocycles. The van der Waals surface area contributed by atoms with Crippen LogP contribution in [0.25, 0.3) is 0 Å². The van der Waals surface area contributed by atoms with Crippen LogP contribution in [0.3, 0.4) is 0 Å². The molecule has 6 nitrogen and oxygen atoms in total. The van der Waals surface area contributed by atoms with Gasteiger partial charge in [-0.2, -0.15) is 0 Å². The molecule has 0 unspecified atom stereocenters. The third-order valence-corrected chi connectivity index (χ3v) is 4.84. The first-order valence-electron chi connectivity index (χ1n) is 9.00. The summed E-state index contributed by atoms with van der Waals surface area (Å²) in [6.45, 7) is 0.940. The highest BCUT2D eigenvalue weighted by atomic mass is 19.1. The first-order valence-corrected chi connectivity index (χ1v) is 9.00. The van der Waals surface area contributed by atoms with Crippen LogP contribution in [-0.4, -0.2) is 41.3 Å². The van der Waals surface area contributed by atoms with Crippen LogP contribution >= 0.6 is 0 Å². The first-order chi connectivity index (χ1) is 13.1. The third kappa shape index (κ3) is 4.31. The van der Waals surface area contributed by atoms with Crippen molar-refractivity contribution in [1.82, 2.24) is 20.5 Å². The van der Waals surface area contributed by atoms with E-state index in [2.05, 4.69) is 15.6 Å². The van der Waals surface area contributed by atoms with Gasteiger partial charge in [0.25, 0.3) is 0 Å². The molecule has 27 heavy (non-hydrogen) atoms. The minimum Gasteiger partial charge on any atom is -0.358 e. The van der Waals surface area contributed by atoms with E-state index in [1.54, 1.807) is 35.5 Å². The second kappa shape index (κ2) is 8.73. The zero-order valence-corrected chi connectivity index (χ0v) is 15.2. The minimum absolute atomic E-state index is 0.158. The molecule has 0 radical (unpaired) electrons. The van der Waals surface area contributed by atoms with Gasteiger partial charge in [-0.05, 0) is 36.6 Å². The highest BCUT2D eigenvalue weighted by molar-refractivity contribution is 5.86. The zero-order chi connectivity index (χ0) is 19.2. The lowest BCUT2D eigenvalue weighted by molar-refractivity contribution is -0.131. The van der Waals surface area contributed by atoms with Gasteiger partial charge in [-0.15, -0.1) is 0 Å². The monoisotopic (exact) mass is 370 g/mol. The van der Waals surface area contributed by atoms with Gasteiger partial charge in [0.15, 0.2) is 0 Å². The molecule has 1 aliphatic heterocycles. The summed E-state index contributed by atoms with van der Waals surface area (Å²) in [6, 6.07) is 8.56. The lowest BCUT2D eigenvalue weighted by Crippen LogP contribution is -2.48. The van der Waals surface area contributed by atoms with Crippen molar-refractivity contribution in [2.75, 3.05) is 13.6 Å². The fourth-order valence-electron chi connectivity index (χ4n) is 3.49. The van der Waals surface area contributed by atoms with Crippen molar-refractivity contribution >= 4 is 11.8 Å². The summed E-state index contributed by atoms with van der Waals surface area (Å²) in [7, 11) is 1.52. The number of carbonyl (C=O) groups is 2. The molecule has 142 valence electrons. The highest BCUT2D eigenvalue weighted by Gasteiger charge is 2.39. The number of amides is 2. The zero-order valence-electron chi connectivity index (χ0n) is 15.2. The molecular weight excluding hydrogens is 347 g/mol. The van der Waals surface area contributed by atoms with Gasteiger partial charge in [0.2, 0.25) is 11.8 Å². The fourth-order valence-corrected chi connectivity index (χ4v) is 3.49. The summed E-state index contributed by atoms with van der Waals surface area (Å²) in [5.41, 5.74) is 1.23. The molecule has 2 heterocycles. The Bertz CT molecular complexity index is 800. The van der Waals surface area contributed by atoms with Crippen molar-refractivity contribution < 1.29 is 14.0 Å². The SMILES string of the molecule is CNC(=O)[C@@H](c1ccccc1F)N1CCC[C@H]1C(=O)NCc1ccncc1. The number of pyridine rings is 1. The summed E-state index contributed by atoms with van der Waals surface area (Å²) in [5.74, 6) is -0.933.